The van der Waals surface area contributed by atoms with Gasteiger partial charge in [0.25, 0.3) is 0 Å². The van der Waals surface area contributed by atoms with Gasteiger partial charge in [-0.15, -0.1) is 22.9 Å². The average Bonchev–Trinajstić information content (AvgIpc) is 2.69. The third kappa shape index (κ3) is 5.01. The molecule has 0 aliphatic carbocycles. The van der Waals surface area contributed by atoms with Crippen molar-refractivity contribution in [3.8, 4) is 0 Å². The lowest BCUT2D eigenvalue weighted by molar-refractivity contribution is 0.211. The first kappa shape index (κ1) is 13.0. The van der Waals surface area contributed by atoms with Crippen molar-refractivity contribution in [3.05, 3.63) is 22.4 Å². The van der Waals surface area contributed by atoms with Gasteiger partial charge in [0.15, 0.2) is 0 Å². The third-order valence-corrected chi connectivity index (χ3v) is 3.63. The van der Waals surface area contributed by atoms with Gasteiger partial charge >= 0.3 is 0 Å². The SMILES string of the molecule is CC(C)N(CCCCCl)Cc1cccs1. The van der Waals surface area contributed by atoms with Crippen LogP contribution in [0.25, 0.3) is 0 Å². The van der Waals surface area contributed by atoms with E-state index in [9.17, 15) is 0 Å². The molecule has 15 heavy (non-hydrogen) atoms. The van der Waals surface area contributed by atoms with Crippen molar-refractivity contribution < 1.29 is 0 Å². The summed E-state index contributed by atoms with van der Waals surface area (Å²) in [4.78, 5) is 3.97. The highest BCUT2D eigenvalue weighted by atomic mass is 35.5. The van der Waals surface area contributed by atoms with Crippen molar-refractivity contribution >= 4 is 22.9 Å². The summed E-state index contributed by atoms with van der Waals surface area (Å²) >= 11 is 7.53. The average molecular weight is 246 g/mol. The molecule has 0 unspecified atom stereocenters. The summed E-state index contributed by atoms with van der Waals surface area (Å²) in [6.07, 6.45) is 2.32. The molecule has 0 amide bonds. The van der Waals surface area contributed by atoms with Crippen LogP contribution in [0.5, 0.6) is 0 Å². The third-order valence-electron chi connectivity index (χ3n) is 2.50. The highest BCUT2D eigenvalue weighted by Crippen LogP contribution is 2.14. The van der Waals surface area contributed by atoms with E-state index >= 15 is 0 Å². The van der Waals surface area contributed by atoms with Crippen molar-refractivity contribution in [2.45, 2.75) is 39.3 Å². The summed E-state index contributed by atoms with van der Waals surface area (Å²) in [6, 6.07) is 4.95. The lowest BCUT2D eigenvalue weighted by Gasteiger charge is -2.25. The molecule has 0 aromatic carbocycles. The molecule has 0 N–H and O–H groups in total. The lowest BCUT2D eigenvalue weighted by atomic mass is 10.2. The number of nitrogens with zero attached hydrogens (tertiary/aromatic N) is 1. The molecule has 0 spiro atoms. The van der Waals surface area contributed by atoms with Crippen LogP contribution in [0.3, 0.4) is 0 Å². The predicted molar refractivity (Wildman–Crippen MR) is 69.8 cm³/mol. The lowest BCUT2D eigenvalue weighted by Crippen LogP contribution is -2.31. The molecular weight excluding hydrogens is 226 g/mol. The fourth-order valence-electron chi connectivity index (χ4n) is 1.53. The molecule has 1 rings (SSSR count). The van der Waals surface area contributed by atoms with E-state index in [0.717, 1.165) is 25.4 Å². The van der Waals surface area contributed by atoms with Gasteiger partial charge in [-0.25, -0.2) is 0 Å². The van der Waals surface area contributed by atoms with Gasteiger partial charge in [0.1, 0.15) is 0 Å². The summed E-state index contributed by atoms with van der Waals surface area (Å²) in [7, 11) is 0. The molecule has 0 saturated heterocycles. The second-order valence-corrected chi connectivity index (χ2v) is 5.45. The van der Waals surface area contributed by atoms with Crippen LogP contribution >= 0.6 is 22.9 Å². The maximum atomic E-state index is 5.69. The van der Waals surface area contributed by atoms with Crippen molar-refractivity contribution in [3.63, 3.8) is 0 Å². The molecule has 3 heteroatoms. The topological polar surface area (TPSA) is 3.24 Å². The quantitative estimate of drug-likeness (QED) is 0.519. The van der Waals surface area contributed by atoms with Crippen molar-refractivity contribution in [2.24, 2.45) is 0 Å². The Balaban J connectivity index is 2.37. The molecule has 0 atom stereocenters. The van der Waals surface area contributed by atoms with E-state index in [1.807, 2.05) is 11.3 Å². The van der Waals surface area contributed by atoms with Gasteiger partial charge in [0, 0.05) is 23.3 Å². The van der Waals surface area contributed by atoms with E-state index in [1.165, 1.54) is 11.3 Å². The van der Waals surface area contributed by atoms with Crippen LogP contribution < -0.4 is 0 Å². The zero-order chi connectivity index (χ0) is 11.1. The zero-order valence-corrected chi connectivity index (χ0v) is 11.2. The van der Waals surface area contributed by atoms with Crippen LogP contribution in [0.1, 0.15) is 31.6 Å². The Morgan fingerprint density at radius 3 is 2.73 bits per heavy atom. The number of unbranched alkanes of at least 4 members (excludes halogenated alkanes) is 1. The van der Waals surface area contributed by atoms with Crippen LogP contribution in [0.2, 0.25) is 0 Å². The van der Waals surface area contributed by atoms with E-state index in [2.05, 4.69) is 36.3 Å². The maximum Gasteiger partial charge on any atom is 0.0330 e. The van der Waals surface area contributed by atoms with Gasteiger partial charge in [0.2, 0.25) is 0 Å². The van der Waals surface area contributed by atoms with Crippen LogP contribution in [-0.2, 0) is 6.54 Å². The summed E-state index contributed by atoms with van der Waals surface area (Å²) < 4.78 is 0. The van der Waals surface area contributed by atoms with E-state index < -0.39 is 0 Å². The Bertz CT molecular complexity index is 246. The van der Waals surface area contributed by atoms with Crippen LogP contribution in [0.15, 0.2) is 17.5 Å². The fraction of sp³-hybridized carbons (Fsp3) is 0.667. The molecule has 1 nitrogen and oxygen atoms in total. The number of halogens is 1. The minimum absolute atomic E-state index is 0.613. The van der Waals surface area contributed by atoms with Gasteiger partial charge in [-0.3, -0.25) is 4.90 Å². The number of alkyl halides is 1. The summed E-state index contributed by atoms with van der Waals surface area (Å²) in [5.74, 6) is 0.783. The number of rotatable bonds is 7. The largest absolute Gasteiger partial charge is 0.296 e. The van der Waals surface area contributed by atoms with Gasteiger partial charge in [-0.2, -0.15) is 0 Å². The molecule has 0 bridgehead atoms. The first-order valence-electron chi connectivity index (χ1n) is 5.56. The first-order valence-corrected chi connectivity index (χ1v) is 6.98. The molecule has 0 aliphatic rings. The molecule has 0 fully saturated rings. The molecule has 0 radical (unpaired) electrons. The predicted octanol–water partition coefficient (Wildman–Crippen LogP) is 3.98. The minimum Gasteiger partial charge on any atom is -0.296 e. The number of hydrogen-bond donors (Lipinski definition) is 0. The minimum atomic E-state index is 0.613. The summed E-state index contributed by atoms with van der Waals surface area (Å²) in [5.41, 5.74) is 0. The van der Waals surface area contributed by atoms with Crippen LogP contribution in [-0.4, -0.2) is 23.4 Å². The highest BCUT2D eigenvalue weighted by Gasteiger charge is 2.09. The van der Waals surface area contributed by atoms with Crippen molar-refractivity contribution in [1.82, 2.24) is 4.90 Å². The van der Waals surface area contributed by atoms with E-state index in [-0.39, 0.29) is 0 Å². The Kier molecular flexibility index (Phi) is 6.30. The Morgan fingerprint density at radius 1 is 1.40 bits per heavy atom. The monoisotopic (exact) mass is 245 g/mol. The first-order chi connectivity index (χ1) is 7.24. The van der Waals surface area contributed by atoms with Crippen LogP contribution in [0.4, 0.5) is 0 Å². The second-order valence-electron chi connectivity index (χ2n) is 4.04. The molecule has 1 aromatic rings. The van der Waals surface area contributed by atoms with Crippen molar-refractivity contribution in [2.75, 3.05) is 12.4 Å². The number of thiophene rings is 1. The maximum absolute atomic E-state index is 5.69. The molecule has 0 aliphatic heterocycles. The molecule has 1 aromatic heterocycles. The molecule has 86 valence electrons. The summed E-state index contributed by atoms with van der Waals surface area (Å²) in [6.45, 7) is 6.75. The summed E-state index contributed by atoms with van der Waals surface area (Å²) in [5, 5.41) is 2.15. The molecular formula is C12H20ClNS. The second kappa shape index (κ2) is 7.26. The van der Waals surface area contributed by atoms with Gasteiger partial charge in [0.05, 0.1) is 0 Å². The van der Waals surface area contributed by atoms with Gasteiger partial charge in [-0.05, 0) is 44.7 Å². The highest BCUT2D eigenvalue weighted by molar-refractivity contribution is 7.09. The smallest absolute Gasteiger partial charge is 0.0330 e. The number of hydrogen-bond acceptors (Lipinski definition) is 2. The normalized spacial score (nSPS) is 11.5. The Morgan fingerprint density at radius 2 is 2.20 bits per heavy atom. The van der Waals surface area contributed by atoms with Crippen LogP contribution in [0, 0.1) is 0 Å². The molecule has 0 saturated carbocycles. The molecule has 1 heterocycles. The van der Waals surface area contributed by atoms with E-state index in [1.54, 1.807) is 0 Å². The van der Waals surface area contributed by atoms with Crippen molar-refractivity contribution in [1.29, 1.82) is 0 Å². The zero-order valence-electron chi connectivity index (χ0n) is 9.58. The Hall–Kier alpha value is -0.0500. The van der Waals surface area contributed by atoms with Gasteiger partial charge < -0.3 is 0 Å². The van der Waals surface area contributed by atoms with Gasteiger partial charge in [-0.1, -0.05) is 6.07 Å². The van der Waals surface area contributed by atoms with E-state index in [4.69, 9.17) is 11.6 Å². The standard InChI is InChI=1S/C12H20ClNS/c1-11(2)14(8-4-3-7-13)10-12-6-5-9-15-12/h5-6,9,11H,3-4,7-8,10H2,1-2H3. The van der Waals surface area contributed by atoms with E-state index in [0.29, 0.717) is 6.04 Å². The fourth-order valence-corrected chi connectivity index (χ4v) is 2.45. The Labute approximate surface area is 102 Å².